The average molecular weight is 342 g/mol. The number of thiazole rings is 1. The zero-order valence-corrected chi connectivity index (χ0v) is 14.6. The fourth-order valence-electron chi connectivity index (χ4n) is 4.04. The zero-order chi connectivity index (χ0) is 15.3. The lowest BCUT2D eigenvalue weighted by Crippen LogP contribution is -2.57. The van der Waals surface area contributed by atoms with Crippen molar-refractivity contribution in [3.05, 3.63) is 15.6 Å². The van der Waals surface area contributed by atoms with Crippen LogP contribution >= 0.6 is 11.3 Å². The van der Waals surface area contributed by atoms with Gasteiger partial charge in [0.2, 0.25) is 0 Å². The molecule has 0 spiro atoms. The summed E-state index contributed by atoms with van der Waals surface area (Å²) in [5, 5.41) is 1.18. The highest BCUT2D eigenvalue weighted by atomic mass is 32.2. The summed E-state index contributed by atoms with van der Waals surface area (Å²) in [6, 6.07) is 0.304. The molecular weight excluding hydrogens is 318 g/mol. The molecule has 2 aliphatic heterocycles. The second-order valence-corrected chi connectivity index (χ2v) is 10.2. The van der Waals surface area contributed by atoms with Gasteiger partial charge in [-0.1, -0.05) is 0 Å². The van der Waals surface area contributed by atoms with Crippen molar-refractivity contribution in [3.63, 3.8) is 0 Å². The minimum atomic E-state index is -2.89. The minimum absolute atomic E-state index is 0.143. The summed E-state index contributed by atoms with van der Waals surface area (Å²) < 4.78 is 24.1. The molecular formula is C15H23N3O2S2. The zero-order valence-electron chi connectivity index (χ0n) is 13.0. The number of hydrogen-bond donors (Lipinski definition) is 0. The van der Waals surface area contributed by atoms with Gasteiger partial charge in [0.05, 0.1) is 23.7 Å². The van der Waals surface area contributed by atoms with E-state index in [4.69, 9.17) is 4.98 Å². The maximum atomic E-state index is 12.0. The van der Waals surface area contributed by atoms with Crippen LogP contribution in [-0.4, -0.2) is 66.9 Å². The van der Waals surface area contributed by atoms with Crippen LogP contribution in [-0.2, 0) is 29.2 Å². The van der Waals surface area contributed by atoms with Crippen LogP contribution in [0.2, 0.25) is 0 Å². The van der Waals surface area contributed by atoms with E-state index in [0.717, 1.165) is 26.1 Å². The van der Waals surface area contributed by atoms with Gasteiger partial charge in [-0.3, -0.25) is 9.80 Å². The quantitative estimate of drug-likeness (QED) is 0.801. The summed E-state index contributed by atoms with van der Waals surface area (Å²) in [6.45, 7) is 2.71. The van der Waals surface area contributed by atoms with Crippen LogP contribution in [0, 0.1) is 0 Å². The monoisotopic (exact) mass is 341 g/mol. The molecule has 1 aromatic rings. The molecule has 0 unspecified atom stereocenters. The SMILES string of the molecule is CN1CCN(Cc2nc3c(s2)CCCC3)[C@H]2CS(=O)(=O)C[C@H]21. The van der Waals surface area contributed by atoms with Gasteiger partial charge in [-0.25, -0.2) is 13.4 Å². The molecule has 0 saturated carbocycles. The second kappa shape index (κ2) is 5.54. The number of aryl methyl sites for hydroxylation is 2. The van der Waals surface area contributed by atoms with Crippen molar-refractivity contribution in [2.24, 2.45) is 0 Å². The number of likely N-dealkylation sites (N-methyl/N-ethyl adjacent to an activating group) is 1. The van der Waals surface area contributed by atoms with Crippen molar-refractivity contribution >= 4 is 21.2 Å². The molecule has 0 aromatic carbocycles. The largest absolute Gasteiger partial charge is 0.300 e. The molecule has 122 valence electrons. The van der Waals surface area contributed by atoms with Crippen molar-refractivity contribution in [1.82, 2.24) is 14.8 Å². The number of aromatic nitrogens is 1. The Hall–Kier alpha value is -0.500. The lowest BCUT2D eigenvalue weighted by atomic mass is 10.0. The van der Waals surface area contributed by atoms with Crippen LogP contribution in [0.4, 0.5) is 0 Å². The number of fused-ring (bicyclic) bond motifs is 2. The van der Waals surface area contributed by atoms with Crippen molar-refractivity contribution in [3.8, 4) is 0 Å². The number of hydrogen-bond acceptors (Lipinski definition) is 6. The lowest BCUT2D eigenvalue weighted by molar-refractivity contribution is 0.0572. The highest BCUT2D eigenvalue weighted by Crippen LogP contribution is 2.30. The summed E-state index contributed by atoms with van der Waals surface area (Å²) in [6.07, 6.45) is 4.84. The Labute approximate surface area is 136 Å². The van der Waals surface area contributed by atoms with Gasteiger partial charge in [-0.15, -0.1) is 11.3 Å². The topological polar surface area (TPSA) is 53.5 Å². The van der Waals surface area contributed by atoms with Gasteiger partial charge in [-0.05, 0) is 32.7 Å². The Kier molecular flexibility index (Phi) is 3.79. The number of sulfone groups is 1. The lowest BCUT2D eigenvalue weighted by Gasteiger charge is -2.41. The van der Waals surface area contributed by atoms with E-state index in [9.17, 15) is 8.42 Å². The maximum absolute atomic E-state index is 12.0. The van der Waals surface area contributed by atoms with Crippen LogP contribution in [0.25, 0.3) is 0 Å². The molecule has 2 atom stereocenters. The van der Waals surface area contributed by atoms with E-state index in [0.29, 0.717) is 11.5 Å². The van der Waals surface area contributed by atoms with Crippen molar-refractivity contribution in [1.29, 1.82) is 0 Å². The molecule has 7 heteroatoms. The van der Waals surface area contributed by atoms with E-state index in [1.807, 2.05) is 11.3 Å². The predicted octanol–water partition coefficient (Wildman–Crippen LogP) is 0.935. The van der Waals surface area contributed by atoms with E-state index in [1.165, 1.54) is 34.8 Å². The molecule has 1 aromatic heterocycles. The summed E-state index contributed by atoms with van der Waals surface area (Å²) >= 11 is 1.85. The number of nitrogens with zero attached hydrogens (tertiary/aromatic N) is 3. The maximum Gasteiger partial charge on any atom is 0.153 e. The van der Waals surface area contributed by atoms with Crippen LogP contribution in [0.3, 0.4) is 0 Å². The molecule has 5 nitrogen and oxygen atoms in total. The van der Waals surface area contributed by atoms with Gasteiger partial charge in [0.15, 0.2) is 9.84 Å². The second-order valence-electron chi connectivity index (χ2n) is 6.85. The van der Waals surface area contributed by atoms with Crippen molar-refractivity contribution < 1.29 is 8.42 Å². The Bertz CT molecular complexity index is 647. The van der Waals surface area contributed by atoms with Gasteiger partial charge >= 0.3 is 0 Å². The van der Waals surface area contributed by atoms with E-state index in [-0.39, 0.29) is 12.1 Å². The molecule has 0 radical (unpaired) electrons. The fourth-order valence-corrected chi connectivity index (χ4v) is 7.31. The van der Waals surface area contributed by atoms with Crippen LogP contribution in [0.15, 0.2) is 0 Å². The summed E-state index contributed by atoms with van der Waals surface area (Å²) in [7, 11) is -0.836. The van der Waals surface area contributed by atoms with Crippen LogP contribution < -0.4 is 0 Å². The highest BCUT2D eigenvalue weighted by Gasteiger charge is 2.45. The molecule has 0 bridgehead atoms. The smallest absolute Gasteiger partial charge is 0.153 e. The van der Waals surface area contributed by atoms with Crippen molar-refractivity contribution in [2.45, 2.75) is 44.3 Å². The van der Waals surface area contributed by atoms with Gasteiger partial charge in [0.1, 0.15) is 5.01 Å². The third-order valence-electron chi connectivity index (χ3n) is 5.30. The Morgan fingerprint density at radius 1 is 1.18 bits per heavy atom. The Morgan fingerprint density at radius 3 is 2.77 bits per heavy atom. The van der Waals surface area contributed by atoms with Gasteiger partial charge in [0.25, 0.3) is 0 Å². The number of piperazine rings is 1. The number of rotatable bonds is 2. The normalized spacial score (nSPS) is 31.9. The molecule has 2 fully saturated rings. The van der Waals surface area contributed by atoms with Crippen molar-refractivity contribution in [2.75, 3.05) is 31.6 Å². The average Bonchev–Trinajstić information content (AvgIpc) is 3.02. The molecule has 22 heavy (non-hydrogen) atoms. The first kappa shape index (κ1) is 15.1. The van der Waals surface area contributed by atoms with Gasteiger partial charge < -0.3 is 0 Å². The van der Waals surface area contributed by atoms with Gasteiger partial charge in [-0.2, -0.15) is 0 Å². The third-order valence-corrected chi connectivity index (χ3v) is 8.14. The summed E-state index contributed by atoms with van der Waals surface area (Å²) in [4.78, 5) is 10.9. The summed E-state index contributed by atoms with van der Waals surface area (Å²) in [5.41, 5.74) is 1.30. The first-order valence-electron chi connectivity index (χ1n) is 8.14. The van der Waals surface area contributed by atoms with E-state index < -0.39 is 9.84 Å². The molecule has 1 aliphatic carbocycles. The molecule has 0 N–H and O–H groups in total. The molecule has 4 rings (SSSR count). The van der Waals surface area contributed by atoms with Crippen LogP contribution in [0.5, 0.6) is 0 Å². The molecule has 3 aliphatic rings. The highest BCUT2D eigenvalue weighted by molar-refractivity contribution is 7.91. The Morgan fingerprint density at radius 2 is 1.95 bits per heavy atom. The predicted molar refractivity (Wildman–Crippen MR) is 88.0 cm³/mol. The fraction of sp³-hybridized carbons (Fsp3) is 0.800. The van der Waals surface area contributed by atoms with E-state index >= 15 is 0 Å². The van der Waals surface area contributed by atoms with E-state index in [2.05, 4.69) is 16.8 Å². The molecule has 2 saturated heterocycles. The Balaban J connectivity index is 1.54. The standard InChI is InChI=1S/C15H23N3O2S2/c1-17-6-7-18(13-10-22(19,20)9-12(13)17)8-15-16-11-4-2-3-5-14(11)21-15/h12-13H,2-10H2,1H3/t12-,13+/m1/s1. The third kappa shape index (κ3) is 2.72. The first-order valence-corrected chi connectivity index (χ1v) is 10.8. The molecule has 0 amide bonds. The minimum Gasteiger partial charge on any atom is -0.300 e. The first-order chi connectivity index (χ1) is 10.5. The van der Waals surface area contributed by atoms with Crippen LogP contribution in [0.1, 0.15) is 28.4 Å². The molecule has 3 heterocycles. The summed E-state index contributed by atoms with van der Waals surface area (Å²) in [5.74, 6) is 0.631. The van der Waals surface area contributed by atoms with Gasteiger partial charge in [0, 0.05) is 30.1 Å². The van der Waals surface area contributed by atoms with E-state index in [1.54, 1.807) is 0 Å².